The SMILES string of the molecule is CCN(CC)C(=O)c1cccc(CCc2c(Cl)cc(Cl)c(=O)n2CCc2ccc(C(=O)OC(C)(C)C)cc2)c1. The van der Waals surface area contributed by atoms with Crippen LogP contribution in [0.3, 0.4) is 0 Å². The fourth-order valence-electron chi connectivity index (χ4n) is 4.33. The monoisotopic (exact) mass is 570 g/mol. The number of hydrogen-bond donors (Lipinski definition) is 0. The van der Waals surface area contributed by atoms with Gasteiger partial charge >= 0.3 is 5.97 Å². The molecule has 8 heteroatoms. The summed E-state index contributed by atoms with van der Waals surface area (Å²) in [7, 11) is 0. The molecule has 1 heterocycles. The third kappa shape index (κ3) is 8.20. The molecule has 2 aromatic carbocycles. The molecule has 3 aromatic rings. The zero-order valence-corrected chi connectivity index (χ0v) is 24.7. The average Bonchev–Trinajstić information content (AvgIpc) is 2.89. The van der Waals surface area contributed by atoms with Crippen LogP contribution in [0.1, 0.15) is 72.2 Å². The minimum absolute atomic E-state index is 0.000899. The number of aryl methyl sites for hydroxylation is 2. The van der Waals surface area contributed by atoms with E-state index < -0.39 is 5.60 Å². The van der Waals surface area contributed by atoms with Crippen LogP contribution in [-0.4, -0.2) is 40.0 Å². The van der Waals surface area contributed by atoms with Gasteiger partial charge in [0, 0.05) is 30.9 Å². The van der Waals surface area contributed by atoms with Crippen molar-refractivity contribution >= 4 is 35.1 Å². The van der Waals surface area contributed by atoms with Crippen LogP contribution in [0.25, 0.3) is 0 Å². The molecule has 0 fully saturated rings. The summed E-state index contributed by atoms with van der Waals surface area (Å²) < 4.78 is 7.05. The second-order valence-corrected chi connectivity index (χ2v) is 11.2. The Morgan fingerprint density at radius 1 is 0.846 bits per heavy atom. The third-order valence-corrected chi connectivity index (χ3v) is 6.99. The number of benzene rings is 2. The van der Waals surface area contributed by atoms with Crippen molar-refractivity contribution in [2.45, 2.75) is 66.0 Å². The number of carbonyl (C=O) groups excluding carboxylic acids is 2. The van der Waals surface area contributed by atoms with Gasteiger partial charge in [0.05, 0.1) is 10.6 Å². The van der Waals surface area contributed by atoms with Gasteiger partial charge < -0.3 is 14.2 Å². The Balaban J connectivity index is 1.77. The Kier molecular flexibility index (Phi) is 10.4. The Labute approximate surface area is 240 Å². The van der Waals surface area contributed by atoms with E-state index in [9.17, 15) is 14.4 Å². The molecule has 0 N–H and O–H groups in total. The van der Waals surface area contributed by atoms with Gasteiger partial charge in [-0.1, -0.05) is 47.5 Å². The minimum atomic E-state index is -0.568. The lowest BCUT2D eigenvalue weighted by molar-refractivity contribution is 0.00693. The van der Waals surface area contributed by atoms with Crippen LogP contribution in [0, 0.1) is 0 Å². The van der Waals surface area contributed by atoms with E-state index in [1.54, 1.807) is 21.6 Å². The number of aromatic nitrogens is 1. The highest BCUT2D eigenvalue weighted by Gasteiger charge is 2.18. The molecular weight excluding hydrogens is 535 g/mol. The number of amides is 1. The van der Waals surface area contributed by atoms with Crippen LogP contribution in [0.4, 0.5) is 0 Å². The topological polar surface area (TPSA) is 68.6 Å². The summed E-state index contributed by atoms with van der Waals surface area (Å²) in [6, 6.07) is 16.2. The first-order chi connectivity index (χ1) is 18.4. The van der Waals surface area contributed by atoms with Crippen molar-refractivity contribution in [2.24, 2.45) is 0 Å². The number of carbonyl (C=O) groups is 2. The van der Waals surface area contributed by atoms with Crippen LogP contribution in [-0.2, 0) is 30.5 Å². The Hall–Kier alpha value is -3.09. The Bertz CT molecular complexity index is 1370. The zero-order valence-electron chi connectivity index (χ0n) is 23.2. The van der Waals surface area contributed by atoms with Gasteiger partial charge in [0.1, 0.15) is 10.6 Å². The number of esters is 1. The van der Waals surface area contributed by atoms with Gasteiger partial charge in [-0.2, -0.15) is 0 Å². The molecule has 1 amide bonds. The van der Waals surface area contributed by atoms with E-state index in [2.05, 4.69) is 0 Å². The molecule has 0 spiro atoms. The molecule has 0 bridgehead atoms. The van der Waals surface area contributed by atoms with Gasteiger partial charge in [-0.25, -0.2) is 4.79 Å². The Morgan fingerprint density at radius 2 is 1.51 bits per heavy atom. The molecule has 1 aromatic heterocycles. The molecule has 6 nitrogen and oxygen atoms in total. The van der Waals surface area contributed by atoms with Crippen LogP contribution in [0.2, 0.25) is 10.0 Å². The molecule has 0 unspecified atom stereocenters. The summed E-state index contributed by atoms with van der Waals surface area (Å²) in [6.45, 7) is 11.1. The molecule has 0 aliphatic heterocycles. The fraction of sp³-hybridized carbons (Fsp3) is 0.387. The number of ether oxygens (including phenoxy) is 1. The minimum Gasteiger partial charge on any atom is -0.456 e. The lowest BCUT2D eigenvalue weighted by atomic mass is 10.0. The summed E-state index contributed by atoms with van der Waals surface area (Å²) in [5.41, 5.74) is 2.88. The van der Waals surface area contributed by atoms with Gasteiger partial charge in [-0.15, -0.1) is 0 Å². The summed E-state index contributed by atoms with van der Waals surface area (Å²) in [6.07, 6.45) is 1.66. The number of rotatable bonds is 10. The summed E-state index contributed by atoms with van der Waals surface area (Å²) in [5.74, 6) is -0.377. The van der Waals surface area contributed by atoms with E-state index in [4.69, 9.17) is 27.9 Å². The maximum atomic E-state index is 13.0. The van der Waals surface area contributed by atoms with Crippen LogP contribution < -0.4 is 5.56 Å². The maximum Gasteiger partial charge on any atom is 0.338 e. The van der Waals surface area contributed by atoms with E-state index in [1.807, 2.05) is 71.0 Å². The summed E-state index contributed by atoms with van der Waals surface area (Å²) in [4.78, 5) is 39.9. The lowest BCUT2D eigenvalue weighted by Gasteiger charge is -2.19. The predicted octanol–water partition coefficient (Wildman–Crippen LogP) is 6.62. The van der Waals surface area contributed by atoms with E-state index in [0.29, 0.717) is 60.7 Å². The lowest BCUT2D eigenvalue weighted by Crippen LogP contribution is -2.30. The highest BCUT2D eigenvalue weighted by atomic mass is 35.5. The molecule has 0 saturated heterocycles. The second-order valence-electron chi connectivity index (χ2n) is 10.4. The normalized spacial score (nSPS) is 11.4. The van der Waals surface area contributed by atoms with E-state index >= 15 is 0 Å². The van der Waals surface area contributed by atoms with E-state index in [1.165, 1.54) is 6.07 Å². The first-order valence-corrected chi connectivity index (χ1v) is 14.0. The van der Waals surface area contributed by atoms with Gasteiger partial charge in [0.25, 0.3) is 11.5 Å². The van der Waals surface area contributed by atoms with Crippen molar-refractivity contribution in [2.75, 3.05) is 13.1 Å². The van der Waals surface area contributed by atoms with Gasteiger partial charge in [-0.05, 0) is 95.3 Å². The fourth-order valence-corrected chi connectivity index (χ4v) is 4.90. The number of nitrogens with zero attached hydrogens (tertiary/aromatic N) is 2. The van der Waals surface area contributed by atoms with Crippen LogP contribution in [0.5, 0.6) is 0 Å². The second kappa shape index (κ2) is 13.3. The van der Waals surface area contributed by atoms with Crippen LogP contribution >= 0.6 is 23.2 Å². The largest absolute Gasteiger partial charge is 0.456 e. The highest BCUT2D eigenvalue weighted by molar-refractivity contribution is 6.34. The molecule has 0 aliphatic rings. The molecule has 3 rings (SSSR count). The maximum absolute atomic E-state index is 13.0. The Morgan fingerprint density at radius 3 is 2.13 bits per heavy atom. The summed E-state index contributed by atoms with van der Waals surface area (Å²) >= 11 is 12.8. The standard InChI is InChI=1S/C31H36Cl2N2O4/c1-6-34(7-2)28(36)24-10-8-9-22(19-24)13-16-27-25(32)20-26(33)29(37)35(27)18-17-21-11-14-23(15-12-21)30(38)39-31(3,4)5/h8-12,14-15,19-20H,6-7,13,16-18H2,1-5H3. The van der Waals surface area contributed by atoms with Crippen molar-refractivity contribution in [1.82, 2.24) is 9.47 Å². The number of pyridine rings is 1. The third-order valence-electron chi connectivity index (χ3n) is 6.39. The quantitative estimate of drug-likeness (QED) is 0.257. The van der Waals surface area contributed by atoms with Gasteiger partial charge in [-0.3, -0.25) is 9.59 Å². The van der Waals surface area contributed by atoms with Crippen LogP contribution in [0.15, 0.2) is 59.4 Å². The first kappa shape index (κ1) is 30.5. The van der Waals surface area contributed by atoms with E-state index in [0.717, 1.165) is 11.1 Å². The average molecular weight is 572 g/mol. The molecule has 0 radical (unpaired) electrons. The van der Waals surface area contributed by atoms with Crippen molar-refractivity contribution < 1.29 is 14.3 Å². The van der Waals surface area contributed by atoms with Gasteiger partial charge in [0.2, 0.25) is 0 Å². The first-order valence-electron chi connectivity index (χ1n) is 13.2. The number of hydrogen-bond acceptors (Lipinski definition) is 4. The molecule has 0 aliphatic carbocycles. The molecule has 0 atom stereocenters. The highest BCUT2D eigenvalue weighted by Crippen LogP contribution is 2.22. The smallest absolute Gasteiger partial charge is 0.338 e. The van der Waals surface area contributed by atoms with E-state index in [-0.39, 0.29) is 22.5 Å². The zero-order chi connectivity index (χ0) is 28.7. The molecule has 39 heavy (non-hydrogen) atoms. The van der Waals surface area contributed by atoms with Crippen molar-refractivity contribution in [3.63, 3.8) is 0 Å². The van der Waals surface area contributed by atoms with Gasteiger partial charge in [0.15, 0.2) is 0 Å². The van der Waals surface area contributed by atoms with Crippen molar-refractivity contribution in [3.05, 3.63) is 103 Å². The molecule has 208 valence electrons. The van der Waals surface area contributed by atoms with Crippen molar-refractivity contribution in [1.29, 1.82) is 0 Å². The molecule has 0 saturated carbocycles. The summed E-state index contributed by atoms with van der Waals surface area (Å²) in [5, 5.41) is 0.492. The predicted molar refractivity (Wildman–Crippen MR) is 157 cm³/mol. The molecular formula is C31H36Cl2N2O4. The van der Waals surface area contributed by atoms with Crippen molar-refractivity contribution in [3.8, 4) is 0 Å². The number of halogens is 2.